The van der Waals surface area contributed by atoms with Crippen LogP contribution in [0.15, 0.2) is 0 Å². The molecular formula is C10H20N2O5. The number of aliphatic hydroxyl groups excluding tert-OH is 1. The van der Waals surface area contributed by atoms with E-state index < -0.39 is 17.9 Å². The van der Waals surface area contributed by atoms with Crippen molar-refractivity contribution in [2.75, 3.05) is 40.0 Å². The van der Waals surface area contributed by atoms with Crippen molar-refractivity contribution >= 4 is 12.0 Å². The molecule has 0 aliphatic heterocycles. The Bertz CT molecular complexity index is 247. The van der Waals surface area contributed by atoms with Gasteiger partial charge in [0, 0.05) is 26.7 Å². The van der Waals surface area contributed by atoms with Gasteiger partial charge >= 0.3 is 12.0 Å². The molecule has 0 heterocycles. The zero-order valence-electron chi connectivity index (χ0n) is 10.2. The van der Waals surface area contributed by atoms with Gasteiger partial charge in [-0.25, -0.2) is 4.79 Å². The summed E-state index contributed by atoms with van der Waals surface area (Å²) < 4.78 is 4.84. The minimum Gasteiger partial charge on any atom is -0.481 e. The van der Waals surface area contributed by atoms with Crippen molar-refractivity contribution in [1.82, 2.24) is 10.2 Å². The number of nitrogens with one attached hydrogen (secondary N) is 1. The smallest absolute Gasteiger partial charge is 0.317 e. The Kier molecular flexibility index (Phi) is 8.08. The first-order valence-electron chi connectivity index (χ1n) is 5.38. The molecule has 17 heavy (non-hydrogen) atoms. The Morgan fingerprint density at radius 3 is 2.53 bits per heavy atom. The number of nitrogens with zero attached hydrogens (tertiary/aromatic N) is 1. The van der Waals surface area contributed by atoms with E-state index in [9.17, 15) is 9.59 Å². The van der Waals surface area contributed by atoms with E-state index in [0.29, 0.717) is 13.2 Å². The molecule has 0 saturated heterocycles. The molecule has 2 amide bonds. The molecule has 0 aliphatic carbocycles. The van der Waals surface area contributed by atoms with Gasteiger partial charge in [-0.05, 0) is 0 Å². The molecule has 0 aromatic heterocycles. The quantitative estimate of drug-likeness (QED) is 0.530. The van der Waals surface area contributed by atoms with Crippen LogP contribution in [0.25, 0.3) is 0 Å². The van der Waals surface area contributed by atoms with Crippen molar-refractivity contribution < 1.29 is 24.5 Å². The van der Waals surface area contributed by atoms with E-state index in [2.05, 4.69) is 5.32 Å². The third-order valence-electron chi connectivity index (χ3n) is 2.20. The summed E-state index contributed by atoms with van der Waals surface area (Å²) in [6.07, 6.45) is 0. The standard InChI is InChI=1S/C10H20N2O5/c1-8(9(14)15)7-11-10(16)12(3-5-13)4-6-17-2/h8,13H,3-7H2,1-2H3,(H,11,16)(H,14,15). The third-order valence-corrected chi connectivity index (χ3v) is 2.20. The molecular weight excluding hydrogens is 228 g/mol. The van der Waals surface area contributed by atoms with Crippen LogP contribution in [-0.4, -0.2) is 67.1 Å². The molecule has 0 spiro atoms. The molecule has 0 saturated carbocycles. The van der Waals surface area contributed by atoms with Crippen LogP contribution in [0.2, 0.25) is 0 Å². The van der Waals surface area contributed by atoms with Gasteiger partial charge in [-0.3, -0.25) is 4.79 Å². The SMILES string of the molecule is COCCN(CCO)C(=O)NCC(C)C(=O)O. The number of aliphatic hydroxyl groups is 1. The Balaban J connectivity index is 4.08. The molecule has 3 N–H and O–H groups in total. The first-order valence-corrected chi connectivity index (χ1v) is 5.38. The Morgan fingerprint density at radius 1 is 1.41 bits per heavy atom. The van der Waals surface area contributed by atoms with E-state index in [4.69, 9.17) is 14.9 Å². The number of urea groups is 1. The monoisotopic (exact) mass is 248 g/mol. The highest BCUT2D eigenvalue weighted by Crippen LogP contribution is 1.94. The van der Waals surface area contributed by atoms with Gasteiger partial charge in [0.2, 0.25) is 0 Å². The summed E-state index contributed by atoms with van der Waals surface area (Å²) in [7, 11) is 1.52. The van der Waals surface area contributed by atoms with Crippen LogP contribution in [0.4, 0.5) is 4.79 Å². The largest absolute Gasteiger partial charge is 0.481 e. The Morgan fingerprint density at radius 2 is 2.06 bits per heavy atom. The van der Waals surface area contributed by atoms with Crippen molar-refractivity contribution in [2.24, 2.45) is 5.92 Å². The minimum absolute atomic E-state index is 0.0586. The van der Waals surface area contributed by atoms with Gasteiger partial charge < -0.3 is 25.2 Å². The first-order chi connectivity index (χ1) is 8.02. The lowest BCUT2D eigenvalue weighted by Crippen LogP contribution is -2.45. The number of hydrogen-bond donors (Lipinski definition) is 3. The fourth-order valence-corrected chi connectivity index (χ4v) is 1.08. The molecule has 0 radical (unpaired) electrons. The van der Waals surface area contributed by atoms with Crippen molar-refractivity contribution in [3.8, 4) is 0 Å². The summed E-state index contributed by atoms with van der Waals surface area (Å²) in [5.41, 5.74) is 0. The fourth-order valence-electron chi connectivity index (χ4n) is 1.08. The number of carboxylic acids is 1. The number of aliphatic carboxylic acids is 1. The Labute approximate surface area is 100 Å². The van der Waals surface area contributed by atoms with E-state index in [1.807, 2.05) is 0 Å². The second-order valence-electron chi connectivity index (χ2n) is 3.63. The molecule has 7 heteroatoms. The average Bonchev–Trinajstić information content (AvgIpc) is 2.30. The van der Waals surface area contributed by atoms with Gasteiger partial charge in [-0.15, -0.1) is 0 Å². The molecule has 1 atom stereocenters. The number of hydrogen-bond acceptors (Lipinski definition) is 4. The number of methoxy groups -OCH3 is 1. The summed E-state index contributed by atoms with van der Waals surface area (Å²) in [6.45, 7) is 2.33. The van der Waals surface area contributed by atoms with E-state index in [1.54, 1.807) is 0 Å². The topological polar surface area (TPSA) is 99.1 Å². The molecule has 0 aromatic carbocycles. The third kappa shape index (κ3) is 6.75. The number of rotatable bonds is 8. The highest BCUT2D eigenvalue weighted by atomic mass is 16.5. The number of ether oxygens (including phenoxy) is 1. The molecule has 100 valence electrons. The number of carboxylic acid groups (broad SMARTS) is 1. The van der Waals surface area contributed by atoms with E-state index in [0.717, 1.165) is 0 Å². The lowest BCUT2D eigenvalue weighted by molar-refractivity contribution is -0.140. The van der Waals surface area contributed by atoms with Crippen molar-refractivity contribution in [3.63, 3.8) is 0 Å². The zero-order chi connectivity index (χ0) is 13.3. The lowest BCUT2D eigenvalue weighted by atomic mass is 10.2. The molecule has 1 unspecified atom stereocenters. The fraction of sp³-hybridized carbons (Fsp3) is 0.800. The van der Waals surface area contributed by atoms with Crippen molar-refractivity contribution in [3.05, 3.63) is 0 Å². The van der Waals surface area contributed by atoms with Crippen LogP contribution in [0.1, 0.15) is 6.92 Å². The molecule has 0 bridgehead atoms. The maximum atomic E-state index is 11.6. The highest BCUT2D eigenvalue weighted by Gasteiger charge is 2.16. The molecule has 0 fully saturated rings. The van der Waals surface area contributed by atoms with Crippen LogP contribution >= 0.6 is 0 Å². The van der Waals surface area contributed by atoms with Gasteiger partial charge in [0.15, 0.2) is 0 Å². The lowest BCUT2D eigenvalue weighted by Gasteiger charge is -2.22. The average molecular weight is 248 g/mol. The summed E-state index contributed by atoms with van der Waals surface area (Å²) >= 11 is 0. The van der Waals surface area contributed by atoms with Crippen LogP contribution < -0.4 is 5.32 Å². The first kappa shape index (κ1) is 15.7. The van der Waals surface area contributed by atoms with Gasteiger partial charge in [0.05, 0.1) is 19.1 Å². The van der Waals surface area contributed by atoms with Gasteiger partial charge in [0.1, 0.15) is 0 Å². The maximum absolute atomic E-state index is 11.6. The normalized spacial score (nSPS) is 11.9. The summed E-state index contributed by atoms with van der Waals surface area (Å²) in [5.74, 6) is -1.60. The van der Waals surface area contributed by atoms with E-state index in [1.165, 1.54) is 18.9 Å². The number of amides is 2. The second kappa shape index (κ2) is 8.77. The van der Waals surface area contributed by atoms with E-state index >= 15 is 0 Å². The highest BCUT2D eigenvalue weighted by molar-refractivity contribution is 5.75. The summed E-state index contributed by atoms with van der Waals surface area (Å²) in [4.78, 5) is 23.5. The molecule has 7 nitrogen and oxygen atoms in total. The predicted molar refractivity (Wildman–Crippen MR) is 60.7 cm³/mol. The Hall–Kier alpha value is -1.34. The molecule has 0 rings (SSSR count). The van der Waals surface area contributed by atoms with Gasteiger partial charge in [-0.2, -0.15) is 0 Å². The van der Waals surface area contributed by atoms with Crippen LogP contribution in [0.3, 0.4) is 0 Å². The van der Waals surface area contributed by atoms with Gasteiger partial charge in [-0.1, -0.05) is 6.92 Å². The summed E-state index contributed by atoms with van der Waals surface area (Å²) in [5, 5.41) is 19.9. The zero-order valence-corrected chi connectivity index (χ0v) is 10.2. The number of carbonyl (C=O) groups excluding carboxylic acids is 1. The van der Waals surface area contributed by atoms with Crippen molar-refractivity contribution in [1.29, 1.82) is 0 Å². The van der Waals surface area contributed by atoms with E-state index in [-0.39, 0.29) is 19.7 Å². The van der Waals surface area contributed by atoms with Crippen LogP contribution in [0, 0.1) is 5.92 Å². The van der Waals surface area contributed by atoms with Crippen molar-refractivity contribution in [2.45, 2.75) is 6.92 Å². The second-order valence-corrected chi connectivity index (χ2v) is 3.63. The van der Waals surface area contributed by atoms with Gasteiger partial charge in [0.25, 0.3) is 0 Å². The predicted octanol–water partition coefficient (Wildman–Crippen LogP) is -0.643. The minimum atomic E-state index is -0.962. The maximum Gasteiger partial charge on any atom is 0.317 e. The number of carbonyl (C=O) groups is 2. The molecule has 0 aromatic rings. The molecule has 0 aliphatic rings. The summed E-state index contributed by atoms with van der Waals surface area (Å²) in [6, 6.07) is -0.399. The van der Waals surface area contributed by atoms with Crippen LogP contribution in [-0.2, 0) is 9.53 Å². The van der Waals surface area contributed by atoms with Crippen LogP contribution in [0.5, 0.6) is 0 Å².